The zero-order valence-electron chi connectivity index (χ0n) is 8.91. The number of fused-ring (bicyclic) bond motifs is 1. The maximum Gasteiger partial charge on any atom is 0.226 e. The van der Waals surface area contributed by atoms with Gasteiger partial charge in [-0.15, -0.1) is 0 Å². The minimum Gasteiger partial charge on any atom is -0.396 e. The molecule has 2 rings (SSSR count). The zero-order valence-corrected chi connectivity index (χ0v) is 8.91. The molecule has 16 heavy (non-hydrogen) atoms. The summed E-state index contributed by atoms with van der Waals surface area (Å²) in [5.41, 5.74) is 0. The number of aliphatic hydroxyl groups is 4. The highest BCUT2D eigenvalue weighted by Gasteiger charge is 2.55. The molecule has 0 aromatic rings. The van der Waals surface area contributed by atoms with Gasteiger partial charge in [-0.3, -0.25) is 4.79 Å². The van der Waals surface area contributed by atoms with Crippen LogP contribution in [0.1, 0.15) is 19.3 Å². The van der Waals surface area contributed by atoms with Crippen molar-refractivity contribution < 1.29 is 25.2 Å². The molecule has 6 heteroatoms. The standard InChI is InChI=1S/C10H17NO5/c12-4-3-6-1-2-7-10(15,16)8(13)5-11(7)9(6)14/h6-8,12-13,15-16H,1-5H2. The summed E-state index contributed by atoms with van der Waals surface area (Å²) >= 11 is 0. The first-order valence-corrected chi connectivity index (χ1v) is 5.52. The second-order valence-corrected chi connectivity index (χ2v) is 4.59. The minimum atomic E-state index is -2.19. The third-order valence-corrected chi connectivity index (χ3v) is 3.63. The molecule has 0 aliphatic carbocycles. The molecule has 6 nitrogen and oxygen atoms in total. The molecule has 2 saturated heterocycles. The Balaban J connectivity index is 2.14. The van der Waals surface area contributed by atoms with Gasteiger partial charge in [0.05, 0.1) is 12.6 Å². The van der Waals surface area contributed by atoms with Gasteiger partial charge in [-0.25, -0.2) is 0 Å². The Morgan fingerprint density at radius 1 is 1.38 bits per heavy atom. The number of nitrogens with zero attached hydrogens (tertiary/aromatic N) is 1. The van der Waals surface area contributed by atoms with Crippen molar-refractivity contribution in [2.75, 3.05) is 13.2 Å². The van der Waals surface area contributed by atoms with E-state index in [0.717, 1.165) is 0 Å². The van der Waals surface area contributed by atoms with Crippen molar-refractivity contribution >= 4 is 5.91 Å². The summed E-state index contributed by atoms with van der Waals surface area (Å²) in [4.78, 5) is 13.2. The van der Waals surface area contributed by atoms with Gasteiger partial charge < -0.3 is 25.3 Å². The van der Waals surface area contributed by atoms with Crippen LogP contribution in [0.25, 0.3) is 0 Å². The summed E-state index contributed by atoms with van der Waals surface area (Å²) in [6, 6.07) is -0.718. The molecule has 0 spiro atoms. The molecule has 0 bridgehead atoms. The number of hydrogen-bond acceptors (Lipinski definition) is 5. The summed E-state index contributed by atoms with van der Waals surface area (Å²) in [5.74, 6) is -2.66. The number of hydrogen-bond donors (Lipinski definition) is 4. The van der Waals surface area contributed by atoms with Crippen LogP contribution in [0.2, 0.25) is 0 Å². The van der Waals surface area contributed by atoms with Crippen molar-refractivity contribution in [2.24, 2.45) is 5.92 Å². The lowest BCUT2D eigenvalue weighted by Crippen LogP contribution is -2.53. The molecule has 4 N–H and O–H groups in total. The van der Waals surface area contributed by atoms with Crippen molar-refractivity contribution in [1.29, 1.82) is 0 Å². The average Bonchev–Trinajstić information content (AvgIpc) is 2.45. The van der Waals surface area contributed by atoms with Gasteiger partial charge in [0.25, 0.3) is 0 Å². The van der Waals surface area contributed by atoms with Gasteiger partial charge >= 0.3 is 0 Å². The predicted molar refractivity (Wildman–Crippen MR) is 53.1 cm³/mol. The van der Waals surface area contributed by atoms with E-state index in [2.05, 4.69) is 0 Å². The second-order valence-electron chi connectivity index (χ2n) is 4.59. The molecular weight excluding hydrogens is 214 g/mol. The predicted octanol–water partition coefficient (Wildman–Crippen LogP) is -1.97. The monoisotopic (exact) mass is 231 g/mol. The number of aliphatic hydroxyl groups excluding tert-OH is 2. The fraction of sp³-hybridized carbons (Fsp3) is 0.900. The maximum atomic E-state index is 11.9. The van der Waals surface area contributed by atoms with Gasteiger partial charge in [0.15, 0.2) is 0 Å². The van der Waals surface area contributed by atoms with Crippen molar-refractivity contribution in [2.45, 2.75) is 37.2 Å². The highest BCUT2D eigenvalue weighted by molar-refractivity contribution is 5.80. The summed E-state index contributed by atoms with van der Waals surface area (Å²) in [6.07, 6.45) is 0.0489. The molecular formula is C10H17NO5. The van der Waals surface area contributed by atoms with Crippen LogP contribution in [0, 0.1) is 5.92 Å². The maximum absolute atomic E-state index is 11.9. The first-order chi connectivity index (χ1) is 7.48. The van der Waals surface area contributed by atoms with E-state index in [1.165, 1.54) is 4.90 Å². The van der Waals surface area contributed by atoms with Gasteiger partial charge in [-0.2, -0.15) is 0 Å². The van der Waals surface area contributed by atoms with Crippen molar-refractivity contribution in [3.05, 3.63) is 0 Å². The molecule has 0 aromatic carbocycles. The highest BCUT2D eigenvalue weighted by Crippen LogP contribution is 2.36. The van der Waals surface area contributed by atoms with Gasteiger partial charge in [-0.05, 0) is 19.3 Å². The van der Waals surface area contributed by atoms with E-state index >= 15 is 0 Å². The Labute approximate surface area is 93.1 Å². The lowest BCUT2D eigenvalue weighted by molar-refractivity contribution is -0.225. The number of rotatable bonds is 2. The van der Waals surface area contributed by atoms with Crippen molar-refractivity contribution in [3.8, 4) is 0 Å². The van der Waals surface area contributed by atoms with Crippen LogP contribution in [0.4, 0.5) is 0 Å². The first kappa shape index (κ1) is 11.8. The van der Waals surface area contributed by atoms with Crippen molar-refractivity contribution in [1.82, 2.24) is 4.90 Å². The number of amides is 1. The van der Waals surface area contributed by atoms with Crippen LogP contribution in [-0.2, 0) is 4.79 Å². The molecule has 0 aromatic heterocycles. The van der Waals surface area contributed by atoms with E-state index in [1.807, 2.05) is 0 Å². The van der Waals surface area contributed by atoms with E-state index in [1.54, 1.807) is 0 Å². The first-order valence-electron chi connectivity index (χ1n) is 5.52. The number of carbonyl (C=O) groups is 1. The third-order valence-electron chi connectivity index (χ3n) is 3.63. The molecule has 2 heterocycles. The lowest BCUT2D eigenvalue weighted by atomic mass is 9.88. The molecule has 3 atom stereocenters. The molecule has 0 saturated carbocycles. The Hall–Kier alpha value is -0.690. The van der Waals surface area contributed by atoms with Gasteiger partial charge in [0.1, 0.15) is 6.10 Å². The fourth-order valence-electron chi connectivity index (χ4n) is 2.65. The van der Waals surface area contributed by atoms with E-state index in [4.69, 9.17) is 5.11 Å². The molecule has 3 unspecified atom stereocenters. The van der Waals surface area contributed by atoms with Crippen LogP contribution >= 0.6 is 0 Å². The van der Waals surface area contributed by atoms with E-state index in [0.29, 0.717) is 19.3 Å². The molecule has 2 aliphatic heterocycles. The zero-order chi connectivity index (χ0) is 11.9. The van der Waals surface area contributed by atoms with Crippen molar-refractivity contribution in [3.63, 3.8) is 0 Å². The second kappa shape index (κ2) is 3.96. The summed E-state index contributed by atoms with van der Waals surface area (Å²) in [6.45, 7) is -0.0979. The van der Waals surface area contributed by atoms with E-state index < -0.39 is 17.9 Å². The molecule has 0 radical (unpaired) electrons. The summed E-state index contributed by atoms with van der Waals surface area (Å²) in [7, 11) is 0. The smallest absolute Gasteiger partial charge is 0.226 e. The molecule has 92 valence electrons. The lowest BCUT2D eigenvalue weighted by Gasteiger charge is -2.37. The van der Waals surface area contributed by atoms with Crippen LogP contribution in [0.3, 0.4) is 0 Å². The highest BCUT2D eigenvalue weighted by atomic mass is 16.5. The van der Waals surface area contributed by atoms with Gasteiger partial charge in [0, 0.05) is 12.5 Å². The summed E-state index contributed by atoms with van der Waals surface area (Å²) < 4.78 is 0. The SMILES string of the molecule is O=C1C(CCO)CCC2N1CC(O)C2(O)O. The topological polar surface area (TPSA) is 101 Å². The molecule has 2 aliphatic rings. The van der Waals surface area contributed by atoms with Crippen LogP contribution in [-0.4, -0.2) is 62.3 Å². The molecule has 1 amide bonds. The largest absolute Gasteiger partial charge is 0.396 e. The Morgan fingerprint density at radius 2 is 2.06 bits per heavy atom. The van der Waals surface area contributed by atoms with Crippen LogP contribution in [0.15, 0.2) is 0 Å². The summed E-state index contributed by atoms with van der Waals surface area (Å²) in [5, 5.41) is 37.6. The van der Waals surface area contributed by atoms with Crippen LogP contribution in [0.5, 0.6) is 0 Å². The minimum absolute atomic E-state index is 0.0432. The molecule has 2 fully saturated rings. The third kappa shape index (κ3) is 1.62. The van der Waals surface area contributed by atoms with Gasteiger partial charge in [-0.1, -0.05) is 0 Å². The quantitative estimate of drug-likeness (QED) is 0.413. The normalized spacial score (nSPS) is 37.6. The van der Waals surface area contributed by atoms with Gasteiger partial charge in [0.2, 0.25) is 11.7 Å². The van der Waals surface area contributed by atoms with E-state index in [-0.39, 0.29) is 25.0 Å². The van der Waals surface area contributed by atoms with Crippen LogP contribution < -0.4 is 0 Å². The Bertz CT molecular complexity index is 293. The number of carbonyl (C=O) groups excluding carboxylic acids is 1. The van der Waals surface area contributed by atoms with E-state index in [9.17, 15) is 20.1 Å². The Kier molecular flexibility index (Phi) is 2.91. The Morgan fingerprint density at radius 3 is 2.69 bits per heavy atom. The number of piperidine rings is 1. The average molecular weight is 231 g/mol. The fourth-order valence-corrected chi connectivity index (χ4v) is 2.65.